The van der Waals surface area contributed by atoms with E-state index in [9.17, 15) is 4.79 Å². The Bertz CT molecular complexity index is 432. The molecular weight excluding hydrogens is 222 g/mol. The number of carboxylic acid groups (broad SMARTS) is 1. The summed E-state index contributed by atoms with van der Waals surface area (Å²) < 4.78 is 5.07. The number of hydrogen-bond acceptors (Lipinski definition) is 5. The molecule has 0 amide bonds. The molecule has 0 spiro atoms. The topological polar surface area (TPSA) is 75.5 Å². The summed E-state index contributed by atoms with van der Waals surface area (Å²) in [6, 6.07) is 1.97. The zero-order chi connectivity index (χ0) is 12.4. The molecule has 2 rings (SSSR count). The Hall–Kier alpha value is -1.85. The van der Waals surface area contributed by atoms with Crippen molar-refractivity contribution >= 4 is 11.9 Å². The zero-order valence-electron chi connectivity index (χ0n) is 9.88. The highest BCUT2D eigenvalue weighted by molar-refractivity contribution is 5.73. The van der Waals surface area contributed by atoms with Crippen molar-refractivity contribution in [3.05, 3.63) is 11.8 Å². The van der Waals surface area contributed by atoms with Crippen molar-refractivity contribution in [2.75, 3.05) is 18.6 Å². The first-order valence-electron chi connectivity index (χ1n) is 5.48. The smallest absolute Gasteiger partial charge is 0.323 e. The average Bonchev–Trinajstić information content (AvgIpc) is 3.08. The number of ether oxygens (including phenoxy) is 1. The van der Waals surface area contributed by atoms with Gasteiger partial charge < -0.3 is 14.7 Å². The molecule has 0 atom stereocenters. The molecule has 1 saturated carbocycles. The van der Waals surface area contributed by atoms with Crippen LogP contribution >= 0.6 is 0 Å². The summed E-state index contributed by atoms with van der Waals surface area (Å²) in [6.45, 7) is 1.76. The van der Waals surface area contributed by atoms with Crippen LogP contribution in [0.5, 0.6) is 5.88 Å². The molecule has 1 fully saturated rings. The highest BCUT2D eigenvalue weighted by atomic mass is 16.5. The van der Waals surface area contributed by atoms with Crippen molar-refractivity contribution in [3.63, 3.8) is 0 Å². The summed E-state index contributed by atoms with van der Waals surface area (Å²) in [5, 5.41) is 8.89. The van der Waals surface area contributed by atoms with Gasteiger partial charge in [-0.2, -0.15) is 4.98 Å². The standard InChI is InChI=1S/C11H15N3O3/c1-7-5-9(17-2)13-11(12-7)14(6-10(15)16)8-3-4-8/h5,8H,3-4,6H2,1-2H3,(H,15,16). The van der Waals surface area contributed by atoms with Crippen molar-refractivity contribution in [2.24, 2.45) is 0 Å². The van der Waals surface area contributed by atoms with Gasteiger partial charge in [-0.3, -0.25) is 4.79 Å². The SMILES string of the molecule is COc1cc(C)nc(N(CC(=O)O)C2CC2)n1. The van der Waals surface area contributed by atoms with Crippen molar-refractivity contribution in [1.82, 2.24) is 9.97 Å². The van der Waals surface area contributed by atoms with Crippen molar-refractivity contribution < 1.29 is 14.6 Å². The molecule has 1 aromatic heterocycles. The van der Waals surface area contributed by atoms with E-state index in [1.165, 1.54) is 7.11 Å². The number of carboxylic acids is 1. The largest absolute Gasteiger partial charge is 0.481 e. The van der Waals surface area contributed by atoms with Crippen LogP contribution in [0.4, 0.5) is 5.95 Å². The lowest BCUT2D eigenvalue weighted by molar-refractivity contribution is -0.135. The normalized spacial score (nSPS) is 14.5. The van der Waals surface area contributed by atoms with Gasteiger partial charge in [-0.05, 0) is 19.8 Å². The number of aryl methyl sites for hydroxylation is 1. The van der Waals surface area contributed by atoms with Gasteiger partial charge in [0, 0.05) is 17.8 Å². The van der Waals surface area contributed by atoms with Gasteiger partial charge in [0.05, 0.1) is 7.11 Å². The van der Waals surface area contributed by atoms with Gasteiger partial charge >= 0.3 is 5.97 Å². The van der Waals surface area contributed by atoms with Gasteiger partial charge in [0.25, 0.3) is 0 Å². The first-order valence-corrected chi connectivity index (χ1v) is 5.48. The van der Waals surface area contributed by atoms with Crippen molar-refractivity contribution in [1.29, 1.82) is 0 Å². The minimum atomic E-state index is -0.874. The number of rotatable bonds is 5. The van der Waals surface area contributed by atoms with E-state index in [-0.39, 0.29) is 12.6 Å². The fraction of sp³-hybridized carbons (Fsp3) is 0.545. The predicted molar refractivity (Wildman–Crippen MR) is 61.3 cm³/mol. The van der Waals surface area contributed by atoms with E-state index in [4.69, 9.17) is 9.84 Å². The summed E-state index contributed by atoms with van der Waals surface area (Å²) in [5.41, 5.74) is 0.767. The van der Waals surface area contributed by atoms with E-state index >= 15 is 0 Å². The van der Waals surface area contributed by atoms with E-state index in [0.29, 0.717) is 11.8 Å². The number of anilines is 1. The van der Waals surface area contributed by atoms with E-state index < -0.39 is 5.97 Å². The molecule has 6 heteroatoms. The summed E-state index contributed by atoms with van der Waals surface area (Å²) in [7, 11) is 1.53. The van der Waals surface area contributed by atoms with Crippen LogP contribution in [-0.4, -0.2) is 40.7 Å². The molecule has 92 valence electrons. The minimum absolute atomic E-state index is 0.0721. The van der Waals surface area contributed by atoms with Gasteiger partial charge in [0.2, 0.25) is 11.8 Å². The second-order valence-electron chi connectivity index (χ2n) is 4.10. The number of aliphatic carboxylic acids is 1. The Balaban J connectivity index is 2.28. The van der Waals surface area contributed by atoms with Gasteiger partial charge in [-0.15, -0.1) is 0 Å². The zero-order valence-corrected chi connectivity index (χ0v) is 9.88. The Morgan fingerprint density at radius 3 is 2.82 bits per heavy atom. The summed E-state index contributed by atoms with van der Waals surface area (Å²) >= 11 is 0. The lowest BCUT2D eigenvalue weighted by Crippen LogP contribution is -2.33. The molecule has 0 bridgehead atoms. The average molecular weight is 237 g/mol. The van der Waals surface area contributed by atoms with E-state index in [2.05, 4.69) is 9.97 Å². The van der Waals surface area contributed by atoms with Crippen LogP contribution in [0.1, 0.15) is 18.5 Å². The number of carbonyl (C=O) groups is 1. The molecule has 1 aliphatic rings. The van der Waals surface area contributed by atoms with Crippen LogP contribution in [0.25, 0.3) is 0 Å². The Morgan fingerprint density at radius 2 is 2.29 bits per heavy atom. The fourth-order valence-electron chi connectivity index (χ4n) is 1.65. The number of aromatic nitrogens is 2. The number of methoxy groups -OCH3 is 1. The Labute approximate surface area is 99.2 Å². The third-order valence-corrected chi connectivity index (χ3v) is 2.58. The van der Waals surface area contributed by atoms with Crippen LogP contribution in [-0.2, 0) is 4.79 Å². The molecule has 6 nitrogen and oxygen atoms in total. The van der Waals surface area contributed by atoms with Gasteiger partial charge in [0.15, 0.2) is 0 Å². The van der Waals surface area contributed by atoms with E-state index in [1.807, 2.05) is 6.92 Å². The quantitative estimate of drug-likeness (QED) is 0.818. The second kappa shape index (κ2) is 4.57. The molecule has 1 aromatic rings. The number of hydrogen-bond donors (Lipinski definition) is 1. The van der Waals surface area contributed by atoms with Crippen molar-refractivity contribution in [3.8, 4) is 5.88 Å². The highest BCUT2D eigenvalue weighted by Crippen LogP contribution is 2.30. The molecule has 1 heterocycles. The monoisotopic (exact) mass is 237 g/mol. The van der Waals surface area contributed by atoms with Crippen LogP contribution < -0.4 is 9.64 Å². The van der Waals surface area contributed by atoms with Crippen LogP contribution in [0.2, 0.25) is 0 Å². The molecule has 17 heavy (non-hydrogen) atoms. The first kappa shape index (κ1) is 11.6. The summed E-state index contributed by atoms with van der Waals surface area (Å²) in [4.78, 5) is 21.0. The molecule has 1 N–H and O–H groups in total. The highest BCUT2D eigenvalue weighted by Gasteiger charge is 2.32. The Kier molecular flexibility index (Phi) is 3.12. The van der Waals surface area contributed by atoms with Crippen molar-refractivity contribution in [2.45, 2.75) is 25.8 Å². The van der Waals surface area contributed by atoms with Crippen LogP contribution in [0.3, 0.4) is 0 Å². The van der Waals surface area contributed by atoms with Crippen LogP contribution in [0, 0.1) is 6.92 Å². The lowest BCUT2D eigenvalue weighted by atomic mass is 10.4. The van der Waals surface area contributed by atoms with Gasteiger partial charge in [-0.25, -0.2) is 4.98 Å². The molecule has 1 aliphatic carbocycles. The maximum Gasteiger partial charge on any atom is 0.323 e. The molecule has 0 radical (unpaired) electrons. The molecule has 0 unspecified atom stereocenters. The molecular formula is C11H15N3O3. The second-order valence-corrected chi connectivity index (χ2v) is 4.10. The number of nitrogens with zero attached hydrogens (tertiary/aromatic N) is 3. The Morgan fingerprint density at radius 1 is 1.59 bits per heavy atom. The first-order chi connectivity index (χ1) is 8.10. The van der Waals surface area contributed by atoms with E-state index in [0.717, 1.165) is 18.5 Å². The maximum atomic E-state index is 10.8. The lowest BCUT2D eigenvalue weighted by Gasteiger charge is -2.20. The van der Waals surface area contributed by atoms with Gasteiger partial charge in [-0.1, -0.05) is 0 Å². The summed E-state index contributed by atoms with van der Waals surface area (Å²) in [5.74, 6) is 0.0243. The fourth-order valence-corrected chi connectivity index (χ4v) is 1.65. The maximum absolute atomic E-state index is 10.8. The van der Waals surface area contributed by atoms with Gasteiger partial charge in [0.1, 0.15) is 6.54 Å². The molecule has 0 aliphatic heterocycles. The van der Waals surface area contributed by atoms with Crippen LogP contribution in [0.15, 0.2) is 6.07 Å². The third kappa shape index (κ3) is 2.83. The third-order valence-electron chi connectivity index (χ3n) is 2.58. The molecule has 0 saturated heterocycles. The van der Waals surface area contributed by atoms with E-state index in [1.54, 1.807) is 11.0 Å². The minimum Gasteiger partial charge on any atom is -0.481 e. The summed E-state index contributed by atoms with van der Waals surface area (Å²) in [6.07, 6.45) is 1.99. The predicted octanol–water partition coefficient (Wildman–Crippen LogP) is 0.847. The molecule has 0 aromatic carbocycles.